The Balaban J connectivity index is 1.98. The third-order valence-electron chi connectivity index (χ3n) is 8.99. The summed E-state index contributed by atoms with van der Waals surface area (Å²) in [5.41, 5.74) is -0.500. The van der Waals surface area contributed by atoms with Gasteiger partial charge in [-0.05, 0) is 69.8 Å². The van der Waals surface area contributed by atoms with E-state index in [1.165, 1.54) is 35.0 Å². The van der Waals surface area contributed by atoms with Crippen LogP contribution in [0.2, 0.25) is 19.1 Å². The van der Waals surface area contributed by atoms with Gasteiger partial charge >= 0.3 is 12.1 Å². The van der Waals surface area contributed by atoms with Gasteiger partial charge in [0.05, 0.1) is 19.7 Å². The first-order valence-electron chi connectivity index (χ1n) is 16.9. The number of carboxylic acids is 1. The minimum absolute atomic E-state index is 0.0443. The number of halogens is 1. The predicted molar refractivity (Wildman–Crippen MR) is 191 cm³/mol. The molecule has 1 aliphatic heterocycles. The van der Waals surface area contributed by atoms with Crippen molar-refractivity contribution in [3.05, 3.63) is 71.0 Å². The van der Waals surface area contributed by atoms with E-state index >= 15 is 4.39 Å². The predicted octanol–water partition coefficient (Wildman–Crippen LogP) is 5.86. The second-order valence-electron chi connectivity index (χ2n) is 16.1. The van der Waals surface area contributed by atoms with Crippen LogP contribution in [0.3, 0.4) is 0 Å². The van der Waals surface area contributed by atoms with E-state index in [0.717, 1.165) is 0 Å². The molecule has 0 unspecified atom stereocenters. The van der Waals surface area contributed by atoms with Crippen molar-refractivity contribution in [3.8, 4) is 0 Å². The fourth-order valence-electron chi connectivity index (χ4n) is 6.00. The monoisotopic (exact) mass is 712 g/mol. The molecule has 0 aromatic heterocycles. The molecule has 2 aromatic rings. The first-order valence-corrected chi connectivity index (χ1v) is 20.3. The number of carbonyl (C=O) groups excluding carboxylic acids is 4. The van der Waals surface area contributed by atoms with Gasteiger partial charge in [-0.15, -0.1) is 0 Å². The van der Waals surface area contributed by atoms with Crippen LogP contribution in [0.25, 0.3) is 0 Å². The van der Waals surface area contributed by atoms with Gasteiger partial charge in [-0.2, -0.15) is 0 Å². The molecule has 4 amide bonds. The number of carbonyl (C=O) groups is 5. The van der Waals surface area contributed by atoms with E-state index in [1.807, 2.05) is 20.8 Å². The molecule has 3 rings (SSSR count). The molecule has 0 bridgehead atoms. The van der Waals surface area contributed by atoms with E-state index in [0.29, 0.717) is 23.3 Å². The Morgan fingerprint density at radius 3 is 2.10 bits per heavy atom. The number of benzene rings is 2. The lowest BCUT2D eigenvalue weighted by Gasteiger charge is -2.39. The average molecular weight is 713 g/mol. The van der Waals surface area contributed by atoms with Crippen LogP contribution in [0, 0.1) is 11.2 Å². The molecule has 4 atom stereocenters. The molecule has 11 nitrogen and oxygen atoms in total. The minimum Gasteiger partial charge on any atom is -0.478 e. The molecule has 2 N–H and O–H groups in total. The molecule has 2 aromatic carbocycles. The smallest absolute Gasteiger partial charge is 0.410 e. The highest BCUT2D eigenvalue weighted by atomic mass is 28.3. The number of nitrogens with one attached hydrogen (secondary N) is 1. The lowest BCUT2D eigenvalue weighted by molar-refractivity contribution is -0.148. The van der Waals surface area contributed by atoms with Gasteiger partial charge in [-0.25, -0.2) is 14.0 Å². The van der Waals surface area contributed by atoms with Crippen LogP contribution in [-0.2, 0) is 25.7 Å². The Bertz CT molecular complexity index is 1590. The zero-order chi connectivity index (χ0) is 37.9. The van der Waals surface area contributed by atoms with E-state index in [-0.39, 0.29) is 18.0 Å². The SMILES string of the molecule is C[C@H](c1ccccc1F)N(Cc1ccc(C(=O)O)cc1)C(=O)[C@@H]1C[Si](C)(C)CN1C(=O)[C@@H](NC(=O)[C@H](C)N(C)C(=O)OC(C)(C)C)C(C)(C)C. The maximum Gasteiger partial charge on any atom is 0.410 e. The first-order chi connectivity index (χ1) is 22.9. The number of carboxylic acid groups (broad SMARTS) is 1. The Morgan fingerprint density at radius 1 is 1.00 bits per heavy atom. The number of rotatable bonds is 10. The lowest BCUT2D eigenvalue weighted by Crippen LogP contribution is -2.60. The summed E-state index contributed by atoms with van der Waals surface area (Å²) < 4.78 is 20.5. The second-order valence-corrected chi connectivity index (χ2v) is 21.1. The van der Waals surface area contributed by atoms with Crippen molar-refractivity contribution >= 4 is 37.9 Å². The summed E-state index contributed by atoms with van der Waals surface area (Å²) in [5, 5.41) is 12.2. The summed E-state index contributed by atoms with van der Waals surface area (Å²) in [6.45, 7) is 18.2. The fourth-order valence-corrected chi connectivity index (χ4v) is 8.86. The van der Waals surface area contributed by atoms with Crippen molar-refractivity contribution in [1.82, 2.24) is 20.0 Å². The minimum atomic E-state index is -2.16. The number of aromatic carboxylic acids is 1. The van der Waals surface area contributed by atoms with Gasteiger partial charge in [0.25, 0.3) is 0 Å². The Morgan fingerprint density at radius 2 is 1.58 bits per heavy atom. The van der Waals surface area contributed by atoms with Gasteiger partial charge in [0.1, 0.15) is 29.5 Å². The van der Waals surface area contributed by atoms with E-state index in [2.05, 4.69) is 18.4 Å². The lowest BCUT2D eigenvalue weighted by atomic mass is 9.85. The van der Waals surface area contributed by atoms with Crippen molar-refractivity contribution in [3.63, 3.8) is 0 Å². The summed E-state index contributed by atoms with van der Waals surface area (Å²) >= 11 is 0. The van der Waals surface area contributed by atoms with E-state index in [9.17, 15) is 29.1 Å². The standard InChI is InChI=1S/C37H53FN4O7Si/c1-23(27-14-12-13-15-28(27)38)41(20-25-16-18-26(19-17-25)34(46)47)32(44)29-21-50(10,11)22-42(29)33(45)30(36(3,4)5)39-31(43)24(2)40(9)35(48)49-37(6,7)8/h12-19,23-24,29-30H,20-22H2,1-11H3,(H,39,43)(H,46,47)/t23-,24+,29+,30-/m1/s1. The van der Waals surface area contributed by atoms with Crippen LogP contribution in [0.15, 0.2) is 48.5 Å². The largest absolute Gasteiger partial charge is 0.478 e. The summed E-state index contributed by atoms with van der Waals surface area (Å²) in [5.74, 6) is -2.90. The maximum absolute atomic E-state index is 15.1. The average Bonchev–Trinajstić information content (AvgIpc) is 3.34. The molecule has 274 valence electrons. The van der Waals surface area contributed by atoms with Crippen LogP contribution >= 0.6 is 0 Å². The molecule has 1 heterocycles. The Labute approximate surface area is 296 Å². The highest BCUT2D eigenvalue weighted by Crippen LogP contribution is 2.34. The van der Waals surface area contributed by atoms with Crippen LogP contribution in [0.1, 0.15) is 82.9 Å². The molecule has 1 saturated heterocycles. The van der Waals surface area contributed by atoms with Crippen molar-refractivity contribution in [2.75, 3.05) is 13.2 Å². The highest BCUT2D eigenvalue weighted by molar-refractivity contribution is 6.79. The topological polar surface area (TPSA) is 137 Å². The van der Waals surface area contributed by atoms with Crippen LogP contribution in [0.4, 0.5) is 9.18 Å². The summed E-state index contributed by atoms with van der Waals surface area (Å²) in [6.07, 6.45) is -0.314. The van der Waals surface area contributed by atoms with Gasteiger partial charge < -0.3 is 25.0 Å². The summed E-state index contributed by atoms with van der Waals surface area (Å²) in [6, 6.07) is 9.20. The van der Waals surface area contributed by atoms with Crippen LogP contribution in [0.5, 0.6) is 0 Å². The van der Waals surface area contributed by atoms with Gasteiger partial charge in [0.2, 0.25) is 17.7 Å². The molecule has 0 saturated carbocycles. The molecule has 0 spiro atoms. The van der Waals surface area contributed by atoms with Crippen molar-refractivity contribution < 1.29 is 38.2 Å². The second kappa shape index (κ2) is 15.3. The zero-order valence-corrected chi connectivity index (χ0v) is 32.2. The number of likely N-dealkylation sites (N-methyl/N-ethyl adjacent to an activating group) is 1. The van der Waals surface area contributed by atoms with Gasteiger partial charge in [0, 0.05) is 25.3 Å². The van der Waals surface area contributed by atoms with Crippen molar-refractivity contribution in [1.29, 1.82) is 0 Å². The van der Waals surface area contributed by atoms with E-state index in [4.69, 9.17) is 4.74 Å². The van der Waals surface area contributed by atoms with Crippen molar-refractivity contribution in [2.45, 2.75) is 111 Å². The maximum atomic E-state index is 15.1. The molecular formula is C37H53FN4O7Si. The molecule has 1 aliphatic rings. The van der Waals surface area contributed by atoms with Gasteiger partial charge in [-0.1, -0.05) is 64.2 Å². The van der Waals surface area contributed by atoms with Crippen LogP contribution in [-0.4, -0.2) is 94.6 Å². The third kappa shape index (κ3) is 9.92. The van der Waals surface area contributed by atoms with E-state index < -0.39 is 73.0 Å². The summed E-state index contributed by atoms with van der Waals surface area (Å²) in [7, 11) is -0.707. The van der Waals surface area contributed by atoms with Crippen molar-refractivity contribution in [2.24, 2.45) is 5.41 Å². The van der Waals surface area contributed by atoms with Gasteiger partial charge in [-0.3, -0.25) is 19.3 Å². The molecule has 1 fully saturated rings. The molecule has 0 radical (unpaired) electrons. The zero-order valence-electron chi connectivity index (χ0n) is 31.2. The number of hydrogen-bond donors (Lipinski definition) is 2. The van der Waals surface area contributed by atoms with Gasteiger partial charge in [0.15, 0.2) is 0 Å². The molecular weight excluding hydrogens is 660 g/mol. The summed E-state index contributed by atoms with van der Waals surface area (Å²) in [4.78, 5) is 71.3. The number of hydrogen-bond acceptors (Lipinski definition) is 6. The Kier molecular flexibility index (Phi) is 12.3. The quantitative estimate of drug-likeness (QED) is 0.295. The van der Waals surface area contributed by atoms with Crippen LogP contribution < -0.4 is 5.32 Å². The molecule has 13 heteroatoms. The van der Waals surface area contributed by atoms with E-state index in [1.54, 1.807) is 69.9 Å². The normalized spacial score (nSPS) is 17.7. The third-order valence-corrected chi connectivity index (χ3v) is 11.7. The number of amides is 4. The molecule has 50 heavy (non-hydrogen) atoms. The highest BCUT2D eigenvalue weighted by Gasteiger charge is 2.50. The number of ether oxygens (including phenoxy) is 1. The molecule has 0 aliphatic carbocycles. The number of nitrogens with zero attached hydrogens (tertiary/aromatic N) is 3. The fraction of sp³-hybridized carbons (Fsp3) is 0.541. The first kappa shape index (κ1) is 40.2. The Hall–Kier alpha value is -4.26.